The molecular formula is C42H66N2O6. The zero-order chi connectivity index (χ0) is 35.9. The van der Waals surface area contributed by atoms with Gasteiger partial charge >= 0.3 is 0 Å². The molecule has 2 aliphatic heterocycles. The molecule has 0 aromatic heterocycles. The highest BCUT2D eigenvalue weighted by atomic mass is 16.6. The molecule has 0 unspecified atom stereocenters. The van der Waals surface area contributed by atoms with E-state index >= 15 is 0 Å². The number of ether oxygens (including phenoxy) is 1. The third kappa shape index (κ3) is 5.43. The van der Waals surface area contributed by atoms with Gasteiger partial charge in [-0.1, -0.05) is 59.5 Å². The summed E-state index contributed by atoms with van der Waals surface area (Å²) in [5.41, 5.74) is 3.15. The maximum absolute atomic E-state index is 14.2. The van der Waals surface area contributed by atoms with Gasteiger partial charge in [0.25, 0.3) is 0 Å². The number of nitrogens with two attached hydrogens (primary N) is 1. The van der Waals surface area contributed by atoms with E-state index in [1.807, 2.05) is 19.1 Å². The highest BCUT2D eigenvalue weighted by Gasteiger charge is 2.74. The van der Waals surface area contributed by atoms with E-state index < -0.39 is 45.9 Å². The molecule has 4 saturated carbocycles. The average Bonchev–Trinajstić information content (AvgIpc) is 3.85. The minimum absolute atomic E-state index is 0.104. The van der Waals surface area contributed by atoms with E-state index in [0.29, 0.717) is 44.0 Å². The number of carbonyl (C=O) groups excluding carboxylic acids is 1. The van der Waals surface area contributed by atoms with Gasteiger partial charge in [0.2, 0.25) is 0 Å². The van der Waals surface area contributed by atoms with Crippen LogP contribution >= 0.6 is 0 Å². The molecule has 0 aromatic carbocycles. The molecule has 280 valence electrons. The van der Waals surface area contributed by atoms with Crippen LogP contribution < -0.4 is 11.1 Å². The number of nitrogens with one attached hydrogen (secondary N) is 1. The van der Waals surface area contributed by atoms with Gasteiger partial charge in [-0.25, -0.2) is 0 Å². The summed E-state index contributed by atoms with van der Waals surface area (Å²) in [4.78, 5) is 14.2. The fraction of sp³-hybridized carbons (Fsp3) is 0.833. The van der Waals surface area contributed by atoms with Gasteiger partial charge in [0.05, 0.1) is 28.7 Å². The van der Waals surface area contributed by atoms with Gasteiger partial charge in [-0.05, 0) is 136 Å². The SMILES string of the molecule is CCC[C@@](O)([C@H]1CC[C@@]2(O)C3=CC(=O)[C@@H]4C[C@@H](O)CC[C@]4(C4CCCCC4)[C@H]3CC[C@]12C)[C@H]1O[C@@H]1[C@](C)(O)C(C)(C)CCC1=CCNC(N)=C1. The average molecular weight is 695 g/mol. The summed E-state index contributed by atoms with van der Waals surface area (Å²) in [5.74, 6) is 0.929. The van der Waals surface area contributed by atoms with Gasteiger partial charge in [0.15, 0.2) is 5.78 Å². The third-order valence-corrected chi connectivity index (χ3v) is 16.2. The van der Waals surface area contributed by atoms with Crippen molar-refractivity contribution in [3.63, 3.8) is 0 Å². The number of aliphatic hydroxyl groups is 4. The van der Waals surface area contributed by atoms with Crippen molar-refractivity contribution >= 4 is 5.78 Å². The van der Waals surface area contributed by atoms with E-state index in [0.717, 1.165) is 68.9 Å². The van der Waals surface area contributed by atoms with Crippen LogP contribution in [-0.4, -0.2) is 67.9 Å². The van der Waals surface area contributed by atoms with E-state index in [2.05, 4.69) is 39.1 Å². The number of allylic oxidation sites excluding steroid dienone is 3. The Bertz CT molecular complexity index is 1430. The lowest BCUT2D eigenvalue weighted by Gasteiger charge is -2.63. The first-order valence-corrected chi connectivity index (χ1v) is 20.2. The molecule has 0 aromatic rings. The number of ketones is 1. The van der Waals surface area contributed by atoms with Gasteiger partial charge in [0.1, 0.15) is 12.2 Å². The molecule has 7 N–H and O–H groups in total. The number of dihydropyridines is 1. The van der Waals surface area contributed by atoms with Crippen LogP contribution in [0.3, 0.4) is 0 Å². The second-order valence-electron chi connectivity index (χ2n) is 18.9. The number of fused-ring (bicyclic) bond motifs is 5. The fourth-order valence-corrected chi connectivity index (χ4v) is 12.9. The third-order valence-electron chi connectivity index (χ3n) is 16.2. The first kappa shape index (κ1) is 36.6. The Labute approximate surface area is 300 Å². The molecule has 8 nitrogen and oxygen atoms in total. The molecule has 7 rings (SSSR count). The molecule has 0 amide bonds. The van der Waals surface area contributed by atoms with Crippen molar-refractivity contribution in [1.82, 2.24) is 5.32 Å². The van der Waals surface area contributed by atoms with Crippen molar-refractivity contribution < 1.29 is 30.0 Å². The van der Waals surface area contributed by atoms with Crippen LogP contribution in [0.1, 0.15) is 137 Å². The largest absolute Gasteiger partial charge is 0.393 e. The molecule has 7 aliphatic rings. The summed E-state index contributed by atoms with van der Waals surface area (Å²) in [5, 5.41) is 52.2. The van der Waals surface area contributed by atoms with Crippen molar-refractivity contribution in [2.75, 3.05) is 6.54 Å². The Balaban J connectivity index is 1.16. The Kier molecular flexibility index (Phi) is 9.31. The van der Waals surface area contributed by atoms with E-state index in [4.69, 9.17) is 10.5 Å². The normalized spacial score (nSPS) is 42.8. The van der Waals surface area contributed by atoms with E-state index in [1.54, 1.807) is 0 Å². The first-order chi connectivity index (χ1) is 23.5. The van der Waals surface area contributed by atoms with Crippen LogP contribution in [0.4, 0.5) is 0 Å². The van der Waals surface area contributed by atoms with Gasteiger partial charge < -0.3 is 36.2 Å². The lowest BCUT2D eigenvalue weighted by atomic mass is 9.41. The van der Waals surface area contributed by atoms with Crippen LogP contribution in [0.5, 0.6) is 0 Å². The molecule has 0 radical (unpaired) electrons. The maximum atomic E-state index is 14.2. The minimum Gasteiger partial charge on any atom is -0.393 e. The minimum atomic E-state index is -1.22. The molecule has 50 heavy (non-hydrogen) atoms. The topological polar surface area (TPSA) is 149 Å². The highest BCUT2D eigenvalue weighted by molar-refractivity contribution is 5.95. The van der Waals surface area contributed by atoms with E-state index in [1.165, 1.54) is 19.3 Å². The zero-order valence-corrected chi connectivity index (χ0v) is 31.5. The molecule has 0 bridgehead atoms. The number of hydrogen-bond acceptors (Lipinski definition) is 8. The number of epoxide rings is 1. The fourth-order valence-electron chi connectivity index (χ4n) is 12.9. The predicted molar refractivity (Wildman–Crippen MR) is 194 cm³/mol. The van der Waals surface area contributed by atoms with Gasteiger partial charge in [-0.2, -0.15) is 0 Å². The van der Waals surface area contributed by atoms with E-state index in [-0.39, 0.29) is 29.0 Å². The predicted octanol–water partition coefficient (Wildman–Crippen LogP) is 5.97. The van der Waals surface area contributed by atoms with Crippen LogP contribution in [0.25, 0.3) is 0 Å². The van der Waals surface area contributed by atoms with Crippen molar-refractivity contribution in [3.8, 4) is 0 Å². The smallest absolute Gasteiger partial charge is 0.159 e. The number of rotatable bonds is 10. The van der Waals surface area contributed by atoms with Crippen molar-refractivity contribution in [3.05, 3.63) is 35.2 Å². The molecule has 5 aliphatic carbocycles. The second-order valence-corrected chi connectivity index (χ2v) is 18.9. The quantitative estimate of drug-likeness (QED) is 0.153. The molecule has 0 spiro atoms. The molecule has 11 atom stereocenters. The van der Waals surface area contributed by atoms with Crippen LogP contribution in [0.15, 0.2) is 35.2 Å². The summed E-state index contributed by atoms with van der Waals surface area (Å²) in [6.45, 7) is 11.0. The second kappa shape index (κ2) is 12.7. The van der Waals surface area contributed by atoms with Crippen LogP contribution in [0.2, 0.25) is 0 Å². The van der Waals surface area contributed by atoms with Gasteiger partial charge in [-0.15, -0.1) is 0 Å². The lowest BCUT2D eigenvalue weighted by molar-refractivity contribution is -0.168. The summed E-state index contributed by atoms with van der Waals surface area (Å²) in [6, 6.07) is 0. The summed E-state index contributed by atoms with van der Waals surface area (Å²) >= 11 is 0. The van der Waals surface area contributed by atoms with E-state index in [9.17, 15) is 25.2 Å². The summed E-state index contributed by atoms with van der Waals surface area (Å²) < 4.78 is 6.43. The Morgan fingerprint density at radius 2 is 1.70 bits per heavy atom. The number of carbonyl (C=O) groups is 1. The number of hydrogen-bond donors (Lipinski definition) is 6. The molecule has 5 fully saturated rings. The monoisotopic (exact) mass is 694 g/mol. The zero-order valence-electron chi connectivity index (χ0n) is 31.5. The highest BCUT2D eigenvalue weighted by Crippen LogP contribution is 2.72. The Hall–Kier alpha value is -1.71. The van der Waals surface area contributed by atoms with Crippen LogP contribution in [-0.2, 0) is 9.53 Å². The number of aliphatic hydroxyl groups excluding tert-OH is 1. The summed E-state index contributed by atoms with van der Waals surface area (Å²) in [6.07, 6.45) is 18.1. The molecular weight excluding hydrogens is 628 g/mol. The van der Waals surface area contributed by atoms with Crippen molar-refractivity contribution in [2.45, 2.75) is 172 Å². The summed E-state index contributed by atoms with van der Waals surface area (Å²) in [7, 11) is 0. The molecule has 1 saturated heterocycles. The standard InChI is InChI=1S/C42H66N2O6/c1-6-17-41(48,36-35(50-36)39(5,47)37(2,3)18-12-26-16-22-44-34(43)23-26)33-15-21-42(49)30-25-32(46)31-24-28(45)13-20-40(31,27-10-8-7-9-11-27)29(30)14-19-38(33,42)4/h16,23,25,27-29,31,33,35-36,44-45,47-49H,6-15,17-22,24,43H2,1-5H3/t28-,29-,31-,33-,35-,36-,38+,39-,40-,41+,42+/m0/s1. The van der Waals surface area contributed by atoms with Crippen LogP contribution in [0, 0.1) is 39.9 Å². The van der Waals surface area contributed by atoms with Crippen molar-refractivity contribution in [2.24, 2.45) is 45.7 Å². The van der Waals surface area contributed by atoms with Gasteiger partial charge in [0, 0.05) is 17.9 Å². The van der Waals surface area contributed by atoms with Crippen molar-refractivity contribution in [1.29, 1.82) is 0 Å². The van der Waals surface area contributed by atoms with Gasteiger partial charge in [-0.3, -0.25) is 4.79 Å². The molecule has 2 heterocycles. The maximum Gasteiger partial charge on any atom is 0.159 e. The lowest BCUT2D eigenvalue weighted by Crippen LogP contribution is -2.63. The Morgan fingerprint density at radius 3 is 2.40 bits per heavy atom. The first-order valence-electron chi connectivity index (χ1n) is 20.2. The molecule has 8 heteroatoms. The Morgan fingerprint density at radius 1 is 0.960 bits per heavy atom.